The minimum absolute atomic E-state index is 0.0267. The fourth-order valence-electron chi connectivity index (χ4n) is 2.75. The Hall–Kier alpha value is -2.59. The summed E-state index contributed by atoms with van der Waals surface area (Å²) < 4.78 is 10.4. The molecule has 0 fully saturated rings. The van der Waals surface area contributed by atoms with Gasteiger partial charge in [0, 0.05) is 7.11 Å². The number of fused-ring (bicyclic) bond motifs is 1. The monoisotopic (exact) mass is 309 g/mol. The second kappa shape index (κ2) is 6.67. The zero-order valence-electron chi connectivity index (χ0n) is 13.3. The third-order valence-corrected chi connectivity index (χ3v) is 3.92. The van der Waals surface area contributed by atoms with Gasteiger partial charge in [0.15, 0.2) is 0 Å². The zero-order chi connectivity index (χ0) is 16.2. The highest BCUT2D eigenvalue weighted by molar-refractivity contribution is 6.07. The molecule has 1 aliphatic heterocycles. The lowest BCUT2D eigenvalue weighted by Crippen LogP contribution is -2.32. The molecule has 1 aliphatic rings. The Balaban J connectivity index is 2.03. The molecule has 23 heavy (non-hydrogen) atoms. The number of benzene rings is 2. The minimum atomic E-state index is 0.0267. The van der Waals surface area contributed by atoms with E-state index in [9.17, 15) is 4.79 Å². The van der Waals surface area contributed by atoms with Crippen LogP contribution in [0.5, 0.6) is 5.75 Å². The Labute approximate surface area is 135 Å². The second-order valence-electron chi connectivity index (χ2n) is 5.37. The van der Waals surface area contributed by atoms with E-state index in [1.165, 1.54) is 0 Å². The van der Waals surface area contributed by atoms with Gasteiger partial charge in [-0.1, -0.05) is 30.3 Å². The van der Waals surface area contributed by atoms with Gasteiger partial charge in [-0.2, -0.15) is 0 Å². The number of carbonyl (C=O) groups excluding carboxylic acids is 1. The largest absolute Gasteiger partial charge is 0.497 e. The molecular formula is C19H19NO3. The minimum Gasteiger partial charge on any atom is -0.497 e. The van der Waals surface area contributed by atoms with Crippen LogP contribution in [0.3, 0.4) is 0 Å². The second-order valence-corrected chi connectivity index (χ2v) is 5.37. The maximum atomic E-state index is 12.7. The molecule has 0 unspecified atom stereocenters. The molecule has 0 saturated carbocycles. The molecule has 2 aromatic rings. The molecule has 0 N–H and O–H groups in total. The van der Waals surface area contributed by atoms with Crippen LogP contribution in [0.1, 0.15) is 17.5 Å². The molecule has 0 radical (unpaired) electrons. The summed E-state index contributed by atoms with van der Waals surface area (Å²) >= 11 is 0. The summed E-state index contributed by atoms with van der Waals surface area (Å²) in [6.45, 7) is 0.250. The first-order chi connectivity index (χ1) is 11.2. The Morgan fingerprint density at radius 2 is 1.78 bits per heavy atom. The van der Waals surface area contributed by atoms with Crippen LogP contribution in [0.2, 0.25) is 0 Å². The molecule has 4 heteroatoms. The number of para-hydroxylation sites is 1. The molecule has 1 heterocycles. The fraction of sp³-hybridized carbons (Fsp3) is 0.211. The van der Waals surface area contributed by atoms with Crippen molar-refractivity contribution in [2.45, 2.75) is 6.42 Å². The highest BCUT2D eigenvalue weighted by Crippen LogP contribution is 2.33. The summed E-state index contributed by atoms with van der Waals surface area (Å²) in [5, 5.41) is 0. The van der Waals surface area contributed by atoms with Crippen molar-refractivity contribution in [1.29, 1.82) is 0 Å². The van der Waals surface area contributed by atoms with Gasteiger partial charge in [0.1, 0.15) is 12.5 Å². The molecule has 0 aromatic heterocycles. The molecule has 0 atom stereocenters. The predicted octanol–water partition coefficient (Wildman–Crippen LogP) is 3.58. The molecule has 118 valence electrons. The number of carbonyl (C=O) groups is 1. The van der Waals surface area contributed by atoms with Crippen molar-refractivity contribution in [2.24, 2.45) is 0 Å². The van der Waals surface area contributed by atoms with E-state index in [4.69, 9.17) is 9.47 Å². The van der Waals surface area contributed by atoms with Crippen LogP contribution in [0, 0.1) is 0 Å². The average molecular weight is 309 g/mol. The first-order valence-electron chi connectivity index (χ1n) is 7.46. The number of methoxy groups -OCH3 is 2. The van der Waals surface area contributed by atoms with Crippen LogP contribution in [0.25, 0.3) is 11.6 Å². The fourth-order valence-corrected chi connectivity index (χ4v) is 2.75. The van der Waals surface area contributed by atoms with Crippen LogP contribution in [-0.2, 0) is 9.53 Å². The van der Waals surface area contributed by atoms with Crippen LogP contribution in [-0.4, -0.2) is 26.9 Å². The molecule has 0 bridgehead atoms. The maximum absolute atomic E-state index is 12.7. The van der Waals surface area contributed by atoms with Crippen molar-refractivity contribution in [3.05, 3.63) is 59.7 Å². The van der Waals surface area contributed by atoms with E-state index in [0.29, 0.717) is 6.42 Å². The standard InChI is InChI=1S/C19H19NO3/c1-22-13-20-18-6-4-3-5-15(18)11-16(12-19(20)21)14-7-9-17(23-2)10-8-14/h3-11H,12-13H2,1-2H3. The first-order valence-corrected chi connectivity index (χ1v) is 7.46. The summed E-state index contributed by atoms with van der Waals surface area (Å²) in [6, 6.07) is 15.6. The normalized spacial score (nSPS) is 14.1. The van der Waals surface area contributed by atoms with Crippen molar-refractivity contribution in [3.8, 4) is 5.75 Å². The third kappa shape index (κ3) is 3.12. The first kappa shape index (κ1) is 15.3. The van der Waals surface area contributed by atoms with Crippen LogP contribution >= 0.6 is 0 Å². The molecule has 3 rings (SSSR count). The van der Waals surface area contributed by atoms with E-state index in [1.54, 1.807) is 19.1 Å². The number of anilines is 1. The summed E-state index contributed by atoms with van der Waals surface area (Å²) in [4.78, 5) is 14.3. The van der Waals surface area contributed by atoms with Crippen LogP contribution in [0.4, 0.5) is 5.69 Å². The van der Waals surface area contributed by atoms with Gasteiger partial charge in [-0.25, -0.2) is 0 Å². The van der Waals surface area contributed by atoms with E-state index >= 15 is 0 Å². The zero-order valence-corrected chi connectivity index (χ0v) is 13.3. The van der Waals surface area contributed by atoms with Crippen molar-refractivity contribution in [1.82, 2.24) is 0 Å². The topological polar surface area (TPSA) is 38.8 Å². The van der Waals surface area contributed by atoms with Gasteiger partial charge in [0.05, 0.1) is 19.2 Å². The highest BCUT2D eigenvalue weighted by atomic mass is 16.5. The summed E-state index contributed by atoms with van der Waals surface area (Å²) in [5.41, 5.74) is 3.90. The molecule has 2 aromatic carbocycles. The highest BCUT2D eigenvalue weighted by Gasteiger charge is 2.23. The maximum Gasteiger partial charge on any atom is 0.233 e. The van der Waals surface area contributed by atoms with E-state index in [2.05, 4.69) is 6.08 Å². The lowest BCUT2D eigenvalue weighted by Gasteiger charge is -2.21. The smallest absolute Gasteiger partial charge is 0.233 e. The summed E-state index contributed by atoms with van der Waals surface area (Å²) in [7, 11) is 3.24. The Morgan fingerprint density at radius 1 is 1.04 bits per heavy atom. The van der Waals surface area contributed by atoms with Gasteiger partial charge in [-0.05, 0) is 41.0 Å². The lowest BCUT2D eigenvalue weighted by atomic mass is 10.0. The number of nitrogens with zero attached hydrogens (tertiary/aromatic N) is 1. The van der Waals surface area contributed by atoms with Crippen LogP contribution in [0.15, 0.2) is 48.5 Å². The quantitative estimate of drug-likeness (QED) is 0.866. The summed E-state index contributed by atoms with van der Waals surface area (Å²) in [6.07, 6.45) is 2.41. The van der Waals surface area contributed by atoms with Crippen molar-refractivity contribution >= 4 is 23.2 Å². The molecule has 0 spiro atoms. The van der Waals surface area contributed by atoms with Crippen molar-refractivity contribution in [2.75, 3.05) is 25.9 Å². The Kier molecular flexibility index (Phi) is 4.44. The number of ether oxygens (including phenoxy) is 2. The average Bonchev–Trinajstić information content (AvgIpc) is 2.73. The van der Waals surface area contributed by atoms with Gasteiger partial charge in [0.2, 0.25) is 5.91 Å². The molecule has 1 amide bonds. The van der Waals surface area contributed by atoms with E-state index in [1.807, 2.05) is 48.5 Å². The van der Waals surface area contributed by atoms with Gasteiger partial charge >= 0.3 is 0 Å². The predicted molar refractivity (Wildman–Crippen MR) is 91.3 cm³/mol. The number of rotatable bonds is 4. The van der Waals surface area contributed by atoms with Gasteiger partial charge < -0.3 is 9.47 Å². The third-order valence-electron chi connectivity index (χ3n) is 3.92. The lowest BCUT2D eigenvalue weighted by molar-refractivity contribution is -0.118. The van der Waals surface area contributed by atoms with Crippen molar-refractivity contribution < 1.29 is 14.3 Å². The Morgan fingerprint density at radius 3 is 2.48 bits per heavy atom. The summed E-state index contributed by atoms with van der Waals surface area (Å²) in [5.74, 6) is 0.828. The SMILES string of the molecule is COCN1C(=O)CC(c2ccc(OC)cc2)=Cc2ccccc21. The van der Waals surface area contributed by atoms with E-state index < -0.39 is 0 Å². The number of hydrogen-bond donors (Lipinski definition) is 0. The van der Waals surface area contributed by atoms with Crippen LogP contribution < -0.4 is 9.64 Å². The van der Waals surface area contributed by atoms with Gasteiger partial charge in [0.25, 0.3) is 0 Å². The molecule has 0 saturated heterocycles. The van der Waals surface area contributed by atoms with E-state index in [0.717, 1.165) is 28.1 Å². The molecular weight excluding hydrogens is 290 g/mol. The Bertz CT molecular complexity index is 735. The van der Waals surface area contributed by atoms with Gasteiger partial charge in [-0.3, -0.25) is 9.69 Å². The number of hydrogen-bond acceptors (Lipinski definition) is 3. The van der Waals surface area contributed by atoms with Gasteiger partial charge in [-0.15, -0.1) is 0 Å². The van der Waals surface area contributed by atoms with E-state index in [-0.39, 0.29) is 12.6 Å². The number of amides is 1. The molecule has 0 aliphatic carbocycles. The molecule has 4 nitrogen and oxygen atoms in total. The van der Waals surface area contributed by atoms with Crippen molar-refractivity contribution in [3.63, 3.8) is 0 Å².